The number of rotatable bonds is 6. The molecule has 1 atom stereocenters. The molecule has 3 rings (SSSR count). The van der Waals surface area contributed by atoms with Gasteiger partial charge in [-0.1, -0.05) is 19.3 Å². The van der Waals surface area contributed by atoms with E-state index in [1.54, 1.807) is 6.20 Å². The zero-order chi connectivity index (χ0) is 18.5. The molecule has 1 saturated carbocycles. The molecule has 1 aromatic heterocycles. The van der Waals surface area contributed by atoms with Gasteiger partial charge in [0.1, 0.15) is 0 Å². The highest BCUT2D eigenvalue weighted by Crippen LogP contribution is 2.27. The van der Waals surface area contributed by atoms with Gasteiger partial charge in [0.15, 0.2) is 0 Å². The second-order valence-electron chi connectivity index (χ2n) is 8.18. The molecule has 2 heterocycles. The van der Waals surface area contributed by atoms with Crippen LogP contribution in [0.25, 0.3) is 0 Å². The number of carbonyl (C=O) groups excluding carboxylic acids is 2. The van der Waals surface area contributed by atoms with Crippen molar-refractivity contribution in [2.24, 2.45) is 11.8 Å². The summed E-state index contributed by atoms with van der Waals surface area (Å²) in [6, 6.07) is 0.317. The number of hydrogen-bond donors (Lipinski definition) is 1. The van der Waals surface area contributed by atoms with E-state index in [0.29, 0.717) is 37.9 Å². The summed E-state index contributed by atoms with van der Waals surface area (Å²) in [7, 11) is 0. The molecule has 6 nitrogen and oxygen atoms in total. The van der Waals surface area contributed by atoms with E-state index in [2.05, 4.69) is 24.3 Å². The van der Waals surface area contributed by atoms with Crippen molar-refractivity contribution in [3.63, 3.8) is 0 Å². The number of aromatic nitrogens is 2. The molecule has 0 radical (unpaired) electrons. The lowest BCUT2D eigenvalue weighted by atomic mass is 9.87. The number of nitrogens with one attached hydrogen (secondary N) is 1. The monoisotopic (exact) mass is 360 g/mol. The lowest BCUT2D eigenvalue weighted by Crippen LogP contribution is -2.47. The molecule has 26 heavy (non-hydrogen) atoms. The Bertz CT molecular complexity index is 619. The van der Waals surface area contributed by atoms with Gasteiger partial charge in [-0.25, -0.2) is 0 Å². The van der Waals surface area contributed by atoms with Crippen LogP contribution < -0.4 is 5.32 Å². The summed E-state index contributed by atoms with van der Waals surface area (Å²) >= 11 is 0. The predicted octanol–water partition coefficient (Wildman–Crippen LogP) is 2.90. The first-order valence-electron chi connectivity index (χ1n) is 10.1. The van der Waals surface area contributed by atoms with Crippen LogP contribution in [-0.4, -0.2) is 39.6 Å². The van der Waals surface area contributed by atoms with E-state index in [4.69, 9.17) is 0 Å². The van der Waals surface area contributed by atoms with Gasteiger partial charge in [0.25, 0.3) is 0 Å². The van der Waals surface area contributed by atoms with E-state index in [9.17, 15) is 9.59 Å². The van der Waals surface area contributed by atoms with Gasteiger partial charge in [-0.15, -0.1) is 0 Å². The molecule has 1 aliphatic carbocycles. The van der Waals surface area contributed by atoms with Crippen LogP contribution in [-0.2, 0) is 16.1 Å². The highest BCUT2D eigenvalue weighted by atomic mass is 16.2. The minimum Gasteiger partial charge on any atom is -0.352 e. The van der Waals surface area contributed by atoms with Crippen LogP contribution in [0.2, 0.25) is 0 Å². The fourth-order valence-corrected chi connectivity index (χ4v) is 4.07. The topological polar surface area (TPSA) is 67.2 Å². The maximum Gasteiger partial charge on any atom is 0.225 e. The van der Waals surface area contributed by atoms with Crippen LogP contribution in [0.15, 0.2) is 12.4 Å². The molecule has 0 bridgehead atoms. The summed E-state index contributed by atoms with van der Waals surface area (Å²) < 4.78 is 1.90. The van der Waals surface area contributed by atoms with Gasteiger partial charge in [-0.05, 0) is 39.0 Å². The predicted molar refractivity (Wildman–Crippen MR) is 100 cm³/mol. The van der Waals surface area contributed by atoms with Crippen LogP contribution in [0.4, 0.5) is 0 Å². The summed E-state index contributed by atoms with van der Waals surface area (Å²) in [4.78, 5) is 26.8. The minimum atomic E-state index is -0.0866. The van der Waals surface area contributed by atoms with Gasteiger partial charge in [0.05, 0.1) is 12.1 Å². The van der Waals surface area contributed by atoms with Crippen molar-refractivity contribution in [1.82, 2.24) is 20.0 Å². The molecule has 1 saturated heterocycles. The molecule has 0 unspecified atom stereocenters. The normalized spacial score (nSPS) is 22.0. The van der Waals surface area contributed by atoms with Crippen LogP contribution in [0, 0.1) is 11.8 Å². The first kappa shape index (κ1) is 18.9. The Morgan fingerprint density at radius 1 is 1.27 bits per heavy atom. The molecule has 2 aliphatic rings. The van der Waals surface area contributed by atoms with Crippen molar-refractivity contribution in [1.29, 1.82) is 0 Å². The standard InChI is InChI=1S/C20H32N4O2/c1-15(2)24-13-17(11-22-24)10-21-20(26)18-8-9-19(25)23(14-18)12-16-6-4-3-5-7-16/h11,13,15-16,18H,3-10,12,14H2,1-2H3,(H,21,26)/t18-/m1/s1. The second kappa shape index (κ2) is 8.69. The molecule has 144 valence electrons. The lowest BCUT2D eigenvalue weighted by molar-refractivity contribution is -0.139. The zero-order valence-electron chi connectivity index (χ0n) is 16.1. The average Bonchev–Trinajstić information content (AvgIpc) is 3.12. The Balaban J connectivity index is 1.49. The van der Waals surface area contributed by atoms with Crippen molar-refractivity contribution in [2.45, 2.75) is 71.4 Å². The Kier molecular flexibility index (Phi) is 6.33. The van der Waals surface area contributed by atoms with Crippen molar-refractivity contribution in [3.05, 3.63) is 18.0 Å². The second-order valence-corrected chi connectivity index (χ2v) is 8.18. The molecule has 1 aromatic rings. The highest BCUT2D eigenvalue weighted by molar-refractivity contribution is 5.83. The molecule has 1 N–H and O–H groups in total. The molecular formula is C20H32N4O2. The van der Waals surface area contributed by atoms with Crippen LogP contribution in [0.5, 0.6) is 0 Å². The molecule has 2 amide bonds. The highest BCUT2D eigenvalue weighted by Gasteiger charge is 2.31. The van der Waals surface area contributed by atoms with E-state index in [1.165, 1.54) is 32.1 Å². The van der Waals surface area contributed by atoms with Crippen molar-refractivity contribution >= 4 is 11.8 Å². The summed E-state index contributed by atoms with van der Waals surface area (Å²) in [6.07, 6.45) is 11.3. The average molecular weight is 361 g/mol. The molecular weight excluding hydrogens is 328 g/mol. The fourth-order valence-electron chi connectivity index (χ4n) is 4.07. The van der Waals surface area contributed by atoms with Crippen LogP contribution in [0.3, 0.4) is 0 Å². The zero-order valence-corrected chi connectivity index (χ0v) is 16.1. The van der Waals surface area contributed by atoms with E-state index in [0.717, 1.165) is 12.1 Å². The van der Waals surface area contributed by atoms with Gasteiger partial charge < -0.3 is 10.2 Å². The van der Waals surface area contributed by atoms with Crippen LogP contribution >= 0.6 is 0 Å². The van der Waals surface area contributed by atoms with E-state index in [1.807, 2.05) is 15.8 Å². The molecule has 0 spiro atoms. The van der Waals surface area contributed by atoms with Gasteiger partial charge in [0.2, 0.25) is 11.8 Å². The Labute approximate surface area is 156 Å². The Morgan fingerprint density at radius 3 is 2.73 bits per heavy atom. The lowest BCUT2D eigenvalue weighted by Gasteiger charge is -2.35. The number of piperidine rings is 1. The number of nitrogens with zero attached hydrogens (tertiary/aromatic N) is 3. The first-order valence-corrected chi connectivity index (χ1v) is 10.1. The number of likely N-dealkylation sites (tertiary alicyclic amines) is 1. The van der Waals surface area contributed by atoms with E-state index >= 15 is 0 Å². The smallest absolute Gasteiger partial charge is 0.225 e. The summed E-state index contributed by atoms with van der Waals surface area (Å²) in [5.74, 6) is 0.814. The first-order chi connectivity index (χ1) is 12.5. The van der Waals surface area contributed by atoms with Gasteiger partial charge in [-0.2, -0.15) is 5.10 Å². The molecule has 6 heteroatoms. The Hall–Kier alpha value is -1.85. The fraction of sp³-hybridized carbons (Fsp3) is 0.750. The van der Waals surface area contributed by atoms with Gasteiger partial charge in [0, 0.05) is 43.9 Å². The number of hydrogen-bond acceptors (Lipinski definition) is 3. The molecule has 1 aliphatic heterocycles. The van der Waals surface area contributed by atoms with E-state index in [-0.39, 0.29) is 17.7 Å². The SMILES string of the molecule is CC(C)n1cc(CNC(=O)[C@@H]2CCC(=O)N(CC3CCCCC3)C2)cn1. The third-order valence-corrected chi connectivity index (χ3v) is 5.73. The molecule has 2 fully saturated rings. The summed E-state index contributed by atoms with van der Waals surface area (Å²) in [6.45, 7) is 6.07. The molecule has 0 aromatic carbocycles. The quantitative estimate of drug-likeness (QED) is 0.848. The van der Waals surface area contributed by atoms with Crippen LogP contribution in [0.1, 0.15) is 70.4 Å². The third-order valence-electron chi connectivity index (χ3n) is 5.73. The Morgan fingerprint density at radius 2 is 2.04 bits per heavy atom. The van der Waals surface area contributed by atoms with Crippen molar-refractivity contribution in [3.8, 4) is 0 Å². The van der Waals surface area contributed by atoms with Crippen molar-refractivity contribution < 1.29 is 9.59 Å². The third kappa shape index (κ3) is 4.86. The minimum absolute atomic E-state index is 0.0587. The maximum atomic E-state index is 12.6. The number of carbonyl (C=O) groups is 2. The van der Waals surface area contributed by atoms with Gasteiger partial charge in [-0.3, -0.25) is 14.3 Å². The maximum absolute atomic E-state index is 12.6. The number of amides is 2. The summed E-state index contributed by atoms with van der Waals surface area (Å²) in [5.41, 5.74) is 1.01. The van der Waals surface area contributed by atoms with Crippen molar-refractivity contribution in [2.75, 3.05) is 13.1 Å². The largest absolute Gasteiger partial charge is 0.352 e. The van der Waals surface area contributed by atoms with Gasteiger partial charge >= 0.3 is 0 Å². The van der Waals surface area contributed by atoms with E-state index < -0.39 is 0 Å². The summed E-state index contributed by atoms with van der Waals surface area (Å²) in [5, 5.41) is 7.34.